The van der Waals surface area contributed by atoms with Gasteiger partial charge in [-0.3, -0.25) is 4.79 Å². The van der Waals surface area contributed by atoms with Crippen LogP contribution in [0.25, 0.3) is 0 Å². The summed E-state index contributed by atoms with van der Waals surface area (Å²) in [6.45, 7) is 8.23. The molecule has 172 valence electrons. The maximum Gasteiger partial charge on any atom is 0.222 e. The van der Waals surface area contributed by atoms with Gasteiger partial charge in [0, 0.05) is 57.1 Å². The van der Waals surface area contributed by atoms with Gasteiger partial charge in [0.25, 0.3) is 0 Å². The number of carbonyl (C=O) groups excluding carboxylic acids is 1. The Labute approximate surface area is 185 Å². The van der Waals surface area contributed by atoms with Gasteiger partial charge >= 0.3 is 0 Å². The molecule has 31 heavy (non-hydrogen) atoms. The lowest BCUT2D eigenvalue weighted by Gasteiger charge is -2.48. The number of sulfone groups is 1. The Morgan fingerprint density at radius 1 is 1.06 bits per heavy atom. The number of nitrogens with zero attached hydrogens (tertiary/aromatic N) is 3. The van der Waals surface area contributed by atoms with Gasteiger partial charge < -0.3 is 19.8 Å². The average molecular weight is 450 g/mol. The fourth-order valence-corrected chi connectivity index (χ4v) is 6.74. The number of fused-ring (bicyclic) bond motifs is 4. The van der Waals surface area contributed by atoms with E-state index in [4.69, 9.17) is 5.11 Å². The fourth-order valence-electron chi connectivity index (χ4n) is 5.54. The van der Waals surface area contributed by atoms with E-state index in [9.17, 15) is 13.2 Å². The van der Waals surface area contributed by atoms with E-state index in [0.29, 0.717) is 31.8 Å². The van der Waals surface area contributed by atoms with Crippen molar-refractivity contribution >= 4 is 27.1 Å². The van der Waals surface area contributed by atoms with Crippen LogP contribution < -0.4 is 9.80 Å². The van der Waals surface area contributed by atoms with Crippen molar-refractivity contribution in [3.05, 3.63) is 24.3 Å². The van der Waals surface area contributed by atoms with E-state index in [1.54, 1.807) is 0 Å². The first-order chi connectivity index (χ1) is 14.7. The number of anilines is 2. The molecule has 0 radical (unpaired) electrons. The van der Waals surface area contributed by atoms with E-state index >= 15 is 0 Å². The molecule has 2 unspecified atom stereocenters. The van der Waals surface area contributed by atoms with Crippen LogP contribution in [0.4, 0.5) is 11.4 Å². The predicted octanol–water partition coefficient (Wildman–Crippen LogP) is 1.76. The zero-order chi connectivity index (χ0) is 22.2. The number of hydrogen-bond donors (Lipinski definition) is 1. The molecule has 4 heterocycles. The van der Waals surface area contributed by atoms with Crippen molar-refractivity contribution in [2.24, 2.45) is 11.3 Å². The second kappa shape index (κ2) is 8.62. The first-order valence-corrected chi connectivity index (χ1v) is 13.2. The summed E-state index contributed by atoms with van der Waals surface area (Å²) in [5.74, 6) is 1.02. The highest BCUT2D eigenvalue weighted by atomic mass is 32.2. The second-order valence-corrected chi connectivity index (χ2v) is 12.3. The third-order valence-electron chi connectivity index (χ3n) is 7.21. The van der Waals surface area contributed by atoms with Crippen molar-refractivity contribution in [2.45, 2.75) is 39.2 Å². The van der Waals surface area contributed by atoms with Gasteiger partial charge in [0.1, 0.15) is 0 Å². The Bertz CT molecular complexity index is 886. The molecule has 4 fully saturated rings. The normalized spacial score (nSPS) is 27.3. The number of amides is 1. The summed E-state index contributed by atoms with van der Waals surface area (Å²) < 4.78 is 23.4. The Morgan fingerprint density at radius 3 is 2.35 bits per heavy atom. The average Bonchev–Trinajstić information content (AvgIpc) is 2.99. The van der Waals surface area contributed by atoms with Crippen molar-refractivity contribution in [1.29, 1.82) is 0 Å². The molecule has 0 aliphatic carbocycles. The van der Waals surface area contributed by atoms with E-state index < -0.39 is 9.84 Å². The van der Waals surface area contributed by atoms with Gasteiger partial charge in [-0.1, -0.05) is 13.8 Å². The largest absolute Gasteiger partial charge is 0.396 e. The summed E-state index contributed by atoms with van der Waals surface area (Å²) in [6.07, 6.45) is 2.05. The summed E-state index contributed by atoms with van der Waals surface area (Å²) in [6, 6.07) is 8.74. The van der Waals surface area contributed by atoms with Crippen LogP contribution >= 0.6 is 0 Å². The maximum atomic E-state index is 12.7. The highest BCUT2D eigenvalue weighted by molar-refractivity contribution is 7.91. The van der Waals surface area contributed by atoms with Gasteiger partial charge in [-0.2, -0.15) is 0 Å². The fraction of sp³-hybridized carbons (Fsp3) is 0.696. The summed E-state index contributed by atoms with van der Waals surface area (Å²) in [4.78, 5) is 19.3. The van der Waals surface area contributed by atoms with Crippen molar-refractivity contribution in [1.82, 2.24) is 4.90 Å². The van der Waals surface area contributed by atoms with E-state index in [1.807, 2.05) is 4.90 Å². The highest BCUT2D eigenvalue weighted by Gasteiger charge is 2.46. The number of benzene rings is 1. The molecule has 1 N–H and O–H groups in total. The topological polar surface area (TPSA) is 81.2 Å². The van der Waals surface area contributed by atoms with Gasteiger partial charge in [-0.15, -0.1) is 0 Å². The molecule has 1 aromatic carbocycles. The Balaban J connectivity index is 1.51. The smallest absolute Gasteiger partial charge is 0.222 e. The Hall–Kier alpha value is -1.80. The number of aliphatic hydroxyl groups is 1. The zero-order valence-electron chi connectivity index (χ0n) is 18.7. The molecule has 1 amide bonds. The predicted molar refractivity (Wildman–Crippen MR) is 123 cm³/mol. The third kappa shape index (κ3) is 4.85. The van der Waals surface area contributed by atoms with Gasteiger partial charge in [0.2, 0.25) is 5.91 Å². The minimum absolute atomic E-state index is 0.0549. The van der Waals surface area contributed by atoms with E-state index in [2.05, 4.69) is 47.9 Å². The van der Waals surface area contributed by atoms with Crippen molar-refractivity contribution < 1.29 is 18.3 Å². The molecule has 4 aliphatic heterocycles. The summed E-state index contributed by atoms with van der Waals surface area (Å²) in [5.41, 5.74) is 2.34. The molecule has 8 heteroatoms. The summed E-state index contributed by atoms with van der Waals surface area (Å²) >= 11 is 0. The quantitative estimate of drug-likeness (QED) is 0.738. The summed E-state index contributed by atoms with van der Waals surface area (Å²) in [7, 11) is -2.89. The molecule has 1 aromatic rings. The van der Waals surface area contributed by atoms with Crippen LogP contribution in [0, 0.1) is 11.3 Å². The van der Waals surface area contributed by atoms with Crippen LogP contribution in [-0.2, 0) is 14.6 Å². The van der Waals surface area contributed by atoms with Gasteiger partial charge in [0.15, 0.2) is 9.84 Å². The maximum absolute atomic E-state index is 12.7. The van der Waals surface area contributed by atoms with Gasteiger partial charge in [-0.05, 0) is 48.4 Å². The van der Waals surface area contributed by atoms with E-state index in [0.717, 1.165) is 31.7 Å². The molecule has 7 nitrogen and oxygen atoms in total. The SMILES string of the molecule is CC1(C)CC2CN(C(=O)CCCO)CC1N(c1ccc(N3CCS(=O)(=O)CC3)cc1)C2. The Kier molecular flexibility index (Phi) is 6.23. The molecule has 0 saturated carbocycles. The zero-order valence-corrected chi connectivity index (χ0v) is 19.5. The minimum atomic E-state index is -2.89. The standard InChI is InChI=1S/C23H35N3O4S/c1-23(2)14-18-15-25(22(28)4-3-11-27)17-21(23)26(16-18)20-7-5-19(6-8-20)24-9-12-31(29,30)13-10-24/h5-8,18,21,27H,3-4,9-17H2,1-2H3. The lowest BCUT2D eigenvalue weighted by Crippen LogP contribution is -2.54. The number of aliphatic hydroxyl groups excluding tert-OH is 1. The first-order valence-electron chi connectivity index (χ1n) is 11.4. The van der Waals surface area contributed by atoms with Crippen LogP contribution in [0.2, 0.25) is 0 Å². The van der Waals surface area contributed by atoms with Crippen LogP contribution in [0.3, 0.4) is 0 Å². The molecular formula is C23H35N3O4S. The monoisotopic (exact) mass is 449 g/mol. The van der Waals surface area contributed by atoms with E-state index in [1.165, 1.54) is 5.69 Å². The van der Waals surface area contributed by atoms with Crippen molar-refractivity contribution in [3.63, 3.8) is 0 Å². The van der Waals surface area contributed by atoms with E-state index in [-0.39, 0.29) is 35.5 Å². The number of hydrogen-bond acceptors (Lipinski definition) is 6. The third-order valence-corrected chi connectivity index (χ3v) is 8.82. The molecule has 2 atom stereocenters. The van der Waals surface area contributed by atoms with Gasteiger partial charge in [-0.25, -0.2) is 8.42 Å². The summed E-state index contributed by atoms with van der Waals surface area (Å²) in [5, 5.41) is 9.09. The minimum Gasteiger partial charge on any atom is -0.396 e. The first kappa shape index (κ1) is 22.4. The van der Waals surface area contributed by atoms with Crippen LogP contribution in [-0.4, -0.2) is 81.2 Å². The number of piperidine rings is 1. The van der Waals surface area contributed by atoms with Crippen molar-refractivity contribution in [2.75, 3.05) is 60.6 Å². The second-order valence-electron chi connectivity index (χ2n) is 10.0. The van der Waals surface area contributed by atoms with Crippen LogP contribution in [0.15, 0.2) is 24.3 Å². The molecule has 4 saturated heterocycles. The van der Waals surface area contributed by atoms with Crippen LogP contribution in [0.1, 0.15) is 33.1 Å². The molecule has 4 aliphatic rings. The van der Waals surface area contributed by atoms with Crippen LogP contribution in [0.5, 0.6) is 0 Å². The van der Waals surface area contributed by atoms with Crippen molar-refractivity contribution in [3.8, 4) is 0 Å². The molecule has 0 spiro atoms. The molecule has 0 aromatic heterocycles. The van der Waals surface area contributed by atoms with Gasteiger partial charge in [0.05, 0.1) is 17.5 Å². The lowest BCUT2D eigenvalue weighted by atomic mass is 9.73. The highest BCUT2D eigenvalue weighted by Crippen LogP contribution is 2.43. The molecular weight excluding hydrogens is 414 g/mol. The number of rotatable bonds is 5. The lowest BCUT2D eigenvalue weighted by molar-refractivity contribution is -0.131. The Morgan fingerprint density at radius 2 is 1.71 bits per heavy atom. The molecule has 5 rings (SSSR count). The number of carbonyl (C=O) groups is 1. The molecule has 2 bridgehead atoms.